The molecular formula is C21H28N4O2. The van der Waals surface area contributed by atoms with Crippen molar-refractivity contribution in [3.63, 3.8) is 0 Å². The highest BCUT2D eigenvalue weighted by molar-refractivity contribution is 5.68. The van der Waals surface area contributed by atoms with Gasteiger partial charge < -0.3 is 9.30 Å². The van der Waals surface area contributed by atoms with Gasteiger partial charge in [-0.1, -0.05) is 30.3 Å². The molecule has 0 saturated heterocycles. The highest BCUT2D eigenvalue weighted by atomic mass is 16.6. The molecule has 0 spiro atoms. The maximum Gasteiger partial charge on any atom is 0.410 e. The molecular weight excluding hydrogens is 340 g/mol. The van der Waals surface area contributed by atoms with Crippen LogP contribution in [0.5, 0.6) is 0 Å². The van der Waals surface area contributed by atoms with Gasteiger partial charge in [-0.2, -0.15) is 0 Å². The molecule has 0 saturated carbocycles. The number of fused-ring (bicyclic) bond motifs is 3. The molecule has 2 aliphatic rings. The van der Waals surface area contributed by atoms with Crippen LogP contribution in [0, 0.1) is 0 Å². The Morgan fingerprint density at radius 2 is 1.89 bits per heavy atom. The van der Waals surface area contributed by atoms with Crippen molar-refractivity contribution < 1.29 is 9.53 Å². The molecule has 1 amide bonds. The van der Waals surface area contributed by atoms with E-state index in [1.54, 1.807) is 4.90 Å². The molecule has 1 aromatic heterocycles. The Morgan fingerprint density at radius 1 is 1.11 bits per heavy atom. The fraction of sp³-hybridized carbons (Fsp3) is 0.524. The minimum Gasteiger partial charge on any atom is -0.444 e. The number of hydrogen-bond acceptors (Lipinski definition) is 4. The van der Waals surface area contributed by atoms with Gasteiger partial charge in [0.05, 0.1) is 12.2 Å². The Kier molecular flexibility index (Phi) is 4.68. The minimum atomic E-state index is -0.471. The number of ether oxygens (including phenoxy) is 1. The maximum absolute atomic E-state index is 12.4. The Hall–Kier alpha value is -2.34. The lowest BCUT2D eigenvalue weighted by atomic mass is 10.1. The summed E-state index contributed by atoms with van der Waals surface area (Å²) >= 11 is 0. The number of hydrogen-bond donors (Lipinski definition) is 0. The summed E-state index contributed by atoms with van der Waals surface area (Å²) in [4.78, 5) is 21.5. The van der Waals surface area contributed by atoms with Crippen molar-refractivity contribution in [2.45, 2.75) is 59.0 Å². The maximum atomic E-state index is 12.4. The van der Waals surface area contributed by atoms with E-state index in [0.717, 1.165) is 38.4 Å². The molecule has 0 bridgehead atoms. The standard InChI is InChI=1S/C21H28N4O2/c1-21(2,3)27-20(26)24-11-12-25-18-9-10-23(13-16-7-5-4-6-8-16)14-17(18)22-19(25)15-24/h4-8H,9-15H2,1-3H3. The molecule has 2 aromatic rings. The van der Waals surface area contributed by atoms with E-state index >= 15 is 0 Å². The molecule has 2 aliphatic heterocycles. The molecule has 6 nitrogen and oxygen atoms in total. The van der Waals surface area contributed by atoms with E-state index in [-0.39, 0.29) is 6.09 Å². The average Bonchev–Trinajstić information content (AvgIpc) is 2.98. The predicted molar refractivity (Wildman–Crippen MR) is 103 cm³/mol. The third kappa shape index (κ3) is 4.00. The highest BCUT2D eigenvalue weighted by Gasteiger charge is 2.30. The predicted octanol–water partition coefficient (Wildman–Crippen LogP) is 3.19. The molecule has 6 heteroatoms. The van der Waals surface area contributed by atoms with E-state index in [9.17, 15) is 4.79 Å². The van der Waals surface area contributed by atoms with E-state index in [2.05, 4.69) is 39.8 Å². The van der Waals surface area contributed by atoms with Crippen LogP contribution in [0.25, 0.3) is 0 Å². The van der Waals surface area contributed by atoms with Crippen LogP contribution in [0.1, 0.15) is 43.5 Å². The molecule has 0 fully saturated rings. The average molecular weight is 368 g/mol. The number of benzene rings is 1. The molecule has 0 aliphatic carbocycles. The number of carbonyl (C=O) groups excluding carboxylic acids is 1. The van der Waals surface area contributed by atoms with Gasteiger partial charge in [0.1, 0.15) is 11.4 Å². The van der Waals surface area contributed by atoms with Crippen LogP contribution in [0.2, 0.25) is 0 Å². The smallest absolute Gasteiger partial charge is 0.410 e. The fourth-order valence-electron chi connectivity index (χ4n) is 3.87. The van der Waals surface area contributed by atoms with Crippen molar-refractivity contribution >= 4 is 6.09 Å². The van der Waals surface area contributed by atoms with Gasteiger partial charge in [-0.25, -0.2) is 9.78 Å². The van der Waals surface area contributed by atoms with E-state index < -0.39 is 5.60 Å². The van der Waals surface area contributed by atoms with Crippen LogP contribution in [-0.2, 0) is 37.3 Å². The number of nitrogens with zero attached hydrogens (tertiary/aromatic N) is 4. The first-order valence-corrected chi connectivity index (χ1v) is 9.70. The molecule has 4 rings (SSSR count). The topological polar surface area (TPSA) is 50.6 Å². The number of amides is 1. The van der Waals surface area contributed by atoms with Crippen molar-refractivity contribution in [3.05, 3.63) is 53.1 Å². The zero-order chi connectivity index (χ0) is 19.0. The first-order valence-electron chi connectivity index (χ1n) is 9.70. The fourth-order valence-corrected chi connectivity index (χ4v) is 3.87. The normalized spacial score (nSPS) is 17.4. The summed E-state index contributed by atoms with van der Waals surface area (Å²) in [5.74, 6) is 0.985. The first-order chi connectivity index (χ1) is 12.9. The lowest BCUT2D eigenvalue weighted by molar-refractivity contribution is 0.0194. The highest BCUT2D eigenvalue weighted by Crippen LogP contribution is 2.25. The Morgan fingerprint density at radius 3 is 2.63 bits per heavy atom. The van der Waals surface area contributed by atoms with Gasteiger partial charge in [0, 0.05) is 44.8 Å². The largest absolute Gasteiger partial charge is 0.444 e. The number of imidazole rings is 1. The van der Waals surface area contributed by atoms with Gasteiger partial charge in [-0.3, -0.25) is 9.80 Å². The quantitative estimate of drug-likeness (QED) is 0.817. The van der Waals surface area contributed by atoms with Crippen molar-refractivity contribution in [1.29, 1.82) is 0 Å². The number of rotatable bonds is 2. The second-order valence-corrected chi connectivity index (χ2v) is 8.42. The van der Waals surface area contributed by atoms with E-state index in [1.165, 1.54) is 17.0 Å². The molecule has 3 heterocycles. The summed E-state index contributed by atoms with van der Waals surface area (Å²) in [5, 5.41) is 0. The third-order valence-electron chi connectivity index (χ3n) is 5.10. The van der Waals surface area contributed by atoms with E-state index in [4.69, 9.17) is 9.72 Å². The van der Waals surface area contributed by atoms with Gasteiger partial charge in [-0.15, -0.1) is 0 Å². The zero-order valence-electron chi connectivity index (χ0n) is 16.4. The molecule has 0 N–H and O–H groups in total. The second-order valence-electron chi connectivity index (χ2n) is 8.42. The number of aromatic nitrogens is 2. The van der Waals surface area contributed by atoms with Crippen LogP contribution in [0.3, 0.4) is 0 Å². The van der Waals surface area contributed by atoms with E-state index in [0.29, 0.717) is 13.1 Å². The molecule has 0 radical (unpaired) electrons. The van der Waals surface area contributed by atoms with Crippen LogP contribution in [-0.4, -0.2) is 44.1 Å². The lowest BCUT2D eigenvalue weighted by Crippen LogP contribution is -2.42. The van der Waals surface area contributed by atoms with Crippen LogP contribution in [0.15, 0.2) is 30.3 Å². The monoisotopic (exact) mass is 368 g/mol. The summed E-state index contributed by atoms with van der Waals surface area (Å²) in [6, 6.07) is 10.6. The van der Waals surface area contributed by atoms with Crippen LogP contribution in [0.4, 0.5) is 4.79 Å². The zero-order valence-corrected chi connectivity index (χ0v) is 16.4. The van der Waals surface area contributed by atoms with Crippen molar-refractivity contribution in [3.8, 4) is 0 Å². The summed E-state index contributed by atoms with van der Waals surface area (Å²) in [6.07, 6.45) is 0.766. The molecule has 1 aromatic carbocycles. The summed E-state index contributed by atoms with van der Waals surface area (Å²) in [7, 11) is 0. The van der Waals surface area contributed by atoms with E-state index in [1.807, 2.05) is 20.8 Å². The molecule has 144 valence electrons. The van der Waals surface area contributed by atoms with Gasteiger partial charge in [0.15, 0.2) is 0 Å². The van der Waals surface area contributed by atoms with Crippen molar-refractivity contribution in [1.82, 2.24) is 19.4 Å². The summed E-state index contributed by atoms with van der Waals surface area (Å²) in [5.41, 5.74) is 3.37. The summed E-state index contributed by atoms with van der Waals surface area (Å²) in [6.45, 7) is 10.6. The Labute approximate surface area is 160 Å². The van der Waals surface area contributed by atoms with Crippen LogP contribution >= 0.6 is 0 Å². The molecule has 0 unspecified atom stereocenters. The molecule has 0 atom stereocenters. The number of carbonyl (C=O) groups is 1. The van der Waals surface area contributed by atoms with Crippen molar-refractivity contribution in [2.75, 3.05) is 13.1 Å². The lowest BCUT2D eigenvalue weighted by Gasteiger charge is -2.31. The van der Waals surface area contributed by atoms with Gasteiger partial charge in [0.2, 0.25) is 0 Å². The molecule has 27 heavy (non-hydrogen) atoms. The third-order valence-corrected chi connectivity index (χ3v) is 5.10. The van der Waals surface area contributed by atoms with Crippen LogP contribution < -0.4 is 0 Å². The Balaban J connectivity index is 1.45. The second kappa shape index (κ2) is 7.00. The first kappa shape index (κ1) is 18.0. The van der Waals surface area contributed by atoms with Gasteiger partial charge in [-0.05, 0) is 26.3 Å². The van der Waals surface area contributed by atoms with Gasteiger partial charge in [0.25, 0.3) is 0 Å². The summed E-state index contributed by atoms with van der Waals surface area (Å²) < 4.78 is 7.83. The minimum absolute atomic E-state index is 0.250. The van der Waals surface area contributed by atoms with Crippen molar-refractivity contribution in [2.24, 2.45) is 0 Å². The SMILES string of the molecule is CC(C)(C)OC(=O)N1CCn2c(nc3c2CCN(Cc2ccccc2)C3)C1. The van der Waals surface area contributed by atoms with Gasteiger partial charge >= 0.3 is 6.09 Å². The Bertz CT molecular complexity index is 823.